The van der Waals surface area contributed by atoms with Gasteiger partial charge >= 0.3 is 0 Å². The van der Waals surface area contributed by atoms with Crippen molar-refractivity contribution in [3.8, 4) is 0 Å². The molecule has 1 aromatic carbocycles. The maximum absolute atomic E-state index is 13.3. The minimum Gasteiger partial charge on any atom is -0.357 e. The predicted molar refractivity (Wildman–Crippen MR) is 111 cm³/mol. The summed E-state index contributed by atoms with van der Waals surface area (Å²) in [6.45, 7) is 2.49. The Morgan fingerprint density at radius 3 is 2.26 bits per heavy atom. The lowest BCUT2D eigenvalue weighted by Gasteiger charge is -2.35. The van der Waals surface area contributed by atoms with Gasteiger partial charge in [-0.1, -0.05) is 23.2 Å². The van der Waals surface area contributed by atoms with E-state index in [4.69, 9.17) is 23.2 Å². The fourth-order valence-corrected chi connectivity index (χ4v) is 3.87. The second kappa shape index (κ2) is 8.07. The second-order valence-electron chi connectivity index (χ2n) is 7.46. The smallest absolute Gasteiger partial charge is 0.230 e. The Bertz CT molecular complexity index is 782. The minimum atomic E-state index is 0.0583. The van der Waals surface area contributed by atoms with Gasteiger partial charge in [0, 0.05) is 42.5 Å². The van der Waals surface area contributed by atoms with Crippen molar-refractivity contribution in [2.45, 2.75) is 25.7 Å². The van der Waals surface area contributed by atoms with Crippen molar-refractivity contribution in [1.29, 1.82) is 0 Å². The Hall–Kier alpha value is -1.78. The van der Waals surface area contributed by atoms with Gasteiger partial charge in [0.15, 0.2) is 0 Å². The Labute approximate surface area is 170 Å². The zero-order valence-corrected chi connectivity index (χ0v) is 16.7. The standard InChI is InChI=1S/C21H23Cl2N3O/c22-17-3-6-19(7-4-17)26(14-15-1-2-15)21(27)16-9-11-25(12-10-16)20-8-5-18(23)13-24-20/h3-8,13,15-16H,1-2,9-12,14H2. The fraction of sp³-hybridized carbons (Fsp3) is 0.429. The van der Waals surface area contributed by atoms with E-state index < -0.39 is 0 Å². The molecule has 1 saturated heterocycles. The van der Waals surface area contributed by atoms with E-state index in [-0.39, 0.29) is 11.8 Å². The van der Waals surface area contributed by atoms with Crippen molar-refractivity contribution in [1.82, 2.24) is 4.98 Å². The molecular formula is C21H23Cl2N3O. The highest BCUT2D eigenvalue weighted by atomic mass is 35.5. The first-order valence-corrected chi connectivity index (χ1v) is 10.3. The van der Waals surface area contributed by atoms with Gasteiger partial charge in [-0.15, -0.1) is 0 Å². The van der Waals surface area contributed by atoms with Gasteiger partial charge in [0.05, 0.1) is 5.02 Å². The highest BCUT2D eigenvalue weighted by Gasteiger charge is 2.33. The number of carbonyl (C=O) groups excluding carboxylic acids is 1. The Morgan fingerprint density at radius 1 is 1.00 bits per heavy atom. The lowest BCUT2D eigenvalue weighted by atomic mass is 9.94. The highest BCUT2D eigenvalue weighted by molar-refractivity contribution is 6.30. The minimum absolute atomic E-state index is 0.0583. The number of nitrogens with zero attached hydrogens (tertiary/aromatic N) is 3. The topological polar surface area (TPSA) is 36.4 Å². The molecule has 27 heavy (non-hydrogen) atoms. The molecule has 2 aliphatic rings. The number of halogens is 2. The molecule has 4 rings (SSSR count). The van der Waals surface area contributed by atoms with Crippen molar-refractivity contribution >= 4 is 40.6 Å². The largest absolute Gasteiger partial charge is 0.357 e. The van der Waals surface area contributed by atoms with Gasteiger partial charge in [0.2, 0.25) is 5.91 Å². The summed E-state index contributed by atoms with van der Waals surface area (Å²) in [5.41, 5.74) is 0.957. The van der Waals surface area contributed by atoms with E-state index in [0.29, 0.717) is 16.0 Å². The lowest BCUT2D eigenvalue weighted by molar-refractivity contribution is -0.123. The quantitative estimate of drug-likeness (QED) is 0.700. The van der Waals surface area contributed by atoms with E-state index >= 15 is 0 Å². The normalized spacial score (nSPS) is 17.8. The van der Waals surface area contributed by atoms with Crippen molar-refractivity contribution in [2.24, 2.45) is 11.8 Å². The van der Waals surface area contributed by atoms with Crippen LogP contribution in [0.5, 0.6) is 0 Å². The van der Waals surface area contributed by atoms with Gasteiger partial charge in [-0.05, 0) is 68.0 Å². The first kappa shape index (κ1) is 18.6. The maximum Gasteiger partial charge on any atom is 0.230 e. The summed E-state index contributed by atoms with van der Waals surface area (Å²) in [5, 5.41) is 1.34. The van der Waals surface area contributed by atoms with E-state index in [9.17, 15) is 4.79 Å². The van der Waals surface area contributed by atoms with E-state index in [1.807, 2.05) is 41.3 Å². The Kier molecular flexibility index (Phi) is 5.55. The van der Waals surface area contributed by atoms with Crippen LogP contribution < -0.4 is 9.80 Å². The summed E-state index contributed by atoms with van der Waals surface area (Å²) >= 11 is 11.9. The number of hydrogen-bond donors (Lipinski definition) is 0. The van der Waals surface area contributed by atoms with Crippen molar-refractivity contribution in [2.75, 3.05) is 29.4 Å². The molecule has 1 aliphatic heterocycles. The molecule has 1 aromatic heterocycles. The van der Waals surface area contributed by atoms with Crippen molar-refractivity contribution < 1.29 is 4.79 Å². The molecule has 142 valence electrons. The van der Waals surface area contributed by atoms with Gasteiger partial charge in [-0.3, -0.25) is 4.79 Å². The monoisotopic (exact) mass is 403 g/mol. The van der Waals surface area contributed by atoms with Gasteiger partial charge in [0.1, 0.15) is 5.82 Å². The molecule has 1 aliphatic carbocycles. The van der Waals surface area contributed by atoms with Crippen molar-refractivity contribution in [3.05, 3.63) is 52.6 Å². The highest BCUT2D eigenvalue weighted by Crippen LogP contribution is 2.34. The first-order valence-electron chi connectivity index (χ1n) is 9.53. The molecule has 2 fully saturated rings. The maximum atomic E-state index is 13.3. The second-order valence-corrected chi connectivity index (χ2v) is 8.34. The van der Waals surface area contributed by atoms with Crippen LogP contribution >= 0.6 is 23.2 Å². The molecule has 0 radical (unpaired) electrons. The third-order valence-electron chi connectivity index (χ3n) is 5.42. The molecular weight excluding hydrogens is 381 g/mol. The molecule has 1 saturated carbocycles. The zero-order valence-electron chi connectivity index (χ0n) is 15.2. The Balaban J connectivity index is 1.43. The molecule has 0 spiro atoms. The molecule has 0 unspecified atom stereocenters. The summed E-state index contributed by atoms with van der Waals surface area (Å²) < 4.78 is 0. The molecule has 1 amide bonds. The molecule has 0 N–H and O–H groups in total. The summed E-state index contributed by atoms with van der Waals surface area (Å²) in [6.07, 6.45) is 5.80. The lowest BCUT2D eigenvalue weighted by Crippen LogP contribution is -2.43. The number of aromatic nitrogens is 1. The van der Waals surface area contributed by atoms with E-state index in [1.54, 1.807) is 6.20 Å². The molecule has 0 bridgehead atoms. The van der Waals surface area contributed by atoms with Crippen molar-refractivity contribution in [3.63, 3.8) is 0 Å². The summed E-state index contributed by atoms with van der Waals surface area (Å²) in [4.78, 5) is 21.9. The van der Waals surface area contributed by atoms with Gasteiger partial charge in [-0.25, -0.2) is 4.98 Å². The fourth-order valence-electron chi connectivity index (χ4n) is 3.63. The molecule has 4 nitrogen and oxygen atoms in total. The van der Waals surface area contributed by atoms with E-state index in [2.05, 4.69) is 9.88 Å². The van der Waals surface area contributed by atoms with Crippen LogP contribution in [0, 0.1) is 11.8 Å². The molecule has 2 heterocycles. The number of rotatable bonds is 5. The van der Waals surface area contributed by atoms with E-state index in [1.165, 1.54) is 12.8 Å². The summed E-state index contributed by atoms with van der Waals surface area (Å²) in [5.74, 6) is 1.87. The zero-order chi connectivity index (χ0) is 18.8. The average molecular weight is 404 g/mol. The summed E-state index contributed by atoms with van der Waals surface area (Å²) in [6, 6.07) is 11.4. The van der Waals surface area contributed by atoms with E-state index in [0.717, 1.165) is 44.0 Å². The van der Waals surface area contributed by atoms with Crippen LogP contribution in [-0.2, 0) is 4.79 Å². The van der Waals surface area contributed by atoms with Gasteiger partial charge < -0.3 is 9.80 Å². The number of piperidine rings is 1. The average Bonchev–Trinajstić information content (AvgIpc) is 3.51. The Morgan fingerprint density at radius 2 is 1.67 bits per heavy atom. The number of amides is 1. The van der Waals surface area contributed by atoms with Crippen LogP contribution in [0.25, 0.3) is 0 Å². The molecule has 6 heteroatoms. The SMILES string of the molecule is O=C(C1CCN(c2ccc(Cl)cn2)CC1)N(CC1CC1)c1ccc(Cl)cc1. The number of pyridine rings is 1. The van der Waals surface area contributed by atoms with Crippen LogP contribution in [0.2, 0.25) is 10.0 Å². The molecule has 0 atom stereocenters. The van der Waals surface area contributed by atoms with Crippen LogP contribution in [0.1, 0.15) is 25.7 Å². The number of carbonyl (C=O) groups is 1. The van der Waals surface area contributed by atoms with Gasteiger partial charge in [-0.2, -0.15) is 0 Å². The predicted octanol–water partition coefficient (Wildman–Crippen LogP) is 5.05. The number of hydrogen-bond acceptors (Lipinski definition) is 3. The van der Waals surface area contributed by atoms with Gasteiger partial charge in [0.25, 0.3) is 0 Å². The third kappa shape index (κ3) is 4.56. The number of benzene rings is 1. The third-order valence-corrected chi connectivity index (χ3v) is 5.90. The van der Waals surface area contributed by atoms with Crippen LogP contribution in [-0.4, -0.2) is 30.5 Å². The number of anilines is 2. The molecule has 2 aromatic rings. The van der Waals surface area contributed by atoms with Crippen LogP contribution in [0.15, 0.2) is 42.6 Å². The first-order chi connectivity index (χ1) is 13.1. The van der Waals surface area contributed by atoms with Crippen LogP contribution in [0.4, 0.5) is 11.5 Å². The van der Waals surface area contributed by atoms with Crippen LogP contribution in [0.3, 0.4) is 0 Å². The summed E-state index contributed by atoms with van der Waals surface area (Å²) in [7, 11) is 0.